The predicted octanol–water partition coefficient (Wildman–Crippen LogP) is 2.42. The minimum absolute atomic E-state index is 0.0236. The average Bonchev–Trinajstić information content (AvgIpc) is 2.83. The maximum absolute atomic E-state index is 11.9. The average molecular weight is 259 g/mol. The Balaban J connectivity index is 1.96. The number of hydrogen-bond donors (Lipinski definition) is 1. The molecule has 1 aromatic carbocycles. The van der Waals surface area contributed by atoms with E-state index in [9.17, 15) is 9.90 Å². The lowest BCUT2D eigenvalue weighted by atomic mass is 10.0. The summed E-state index contributed by atoms with van der Waals surface area (Å²) < 4.78 is 0. The summed E-state index contributed by atoms with van der Waals surface area (Å²) in [7, 11) is 0. The molecule has 0 bridgehead atoms. The zero-order valence-corrected chi connectivity index (χ0v) is 11.5. The summed E-state index contributed by atoms with van der Waals surface area (Å²) in [5.74, 6) is 0.496. The number of aliphatic hydroxyl groups excluding tert-OH is 1. The van der Waals surface area contributed by atoms with Crippen molar-refractivity contribution >= 4 is 12.0 Å². The summed E-state index contributed by atoms with van der Waals surface area (Å²) in [5.41, 5.74) is 2.32. The maximum atomic E-state index is 11.9. The van der Waals surface area contributed by atoms with E-state index in [0.29, 0.717) is 25.4 Å². The molecule has 1 amide bonds. The first-order valence-electron chi connectivity index (χ1n) is 6.81. The van der Waals surface area contributed by atoms with Gasteiger partial charge in [0.2, 0.25) is 5.91 Å². The van der Waals surface area contributed by atoms with E-state index in [-0.39, 0.29) is 12.0 Å². The van der Waals surface area contributed by atoms with Crippen molar-refractivity contribution in [2.24, 2.45) is 0 Å². The van der Waals surface area contributed by atoms with Crippen molar-refractivity contribution in [3.8, 4) is 0 Å². The van der Waals surface area contributed by atoms with Crippen LogP contribution in [-0.2, 0) is 4.79 Å². The van der Waals surface area contributed by atoms with Gasteiger partial charge in [-0.05, 0) is 29.5 Å². The van der Waals surface area contributed by atoms with Crippen molar-refractivity contribution in [3.05, 3.63) is 41.5 Å². The van der Waals surface area contributed by atoms with Crippen molar-refractivity contribution in [2.45, 2.75) is 32.3 Å². The van der Waals surface area contributed by atoms with Crippen LogP contribution in [-0.4, -0.2) is 35.1 Å². The number of carbonyl (C=O) groups is 1. The van der Waals surface area contributed by atoms with Crippen LogP contribution in [0, 0.1) is 0 Å². The first-order chi connectivity index (χ1) is 9.06. The topological polar surface area (TPSA) is 40.5 Å². The van der Waals surface area contributed by atoms with E-state index >= 15 is 0 Å². The van der Waals surface area contributed by atoms with Crippen molar-refractivity contribution in [1.82, 2.24) is 4.90 Å². The Hall–Kier alpha value is -1.61. The fourth-order valence-electron chi connectivity index (χ4n) is 2.21. The molecule has 102 valence electrons. The Labute approximate surface area is 114 Å². The monoisotopic (exact) mass is 259 g/mol. The molecule has 0 saturated carbocycles. The third-order valence-corrected chi connectivity index (χ3v) is 3.50. The van der Waals surface area contributed by atoms with Crippen molar-refractivity contribution in [2.75, 3.05) is 13.1 Å². The second-order valence-electron chi connectivity index (χ2n) is 5.38. The molecule has 3 nitrogen and oxygen atoms in total. The molecule has 3 heteroatoms. The van der Waals surface area contributed by atoms with Gasteiger partial charge in [-0.3, -0.25) is 4.79 Å². The summed E-state index contributed by atoms with van der Waals surface area (Å²) in [6.07, 6.45) is 3.74. The van der Waals surface area contributed by atoms with Gasteiger partial charge in [0.15, 0.2) is 0 Å². The summed E-state index contributed by atoms with van der Waals surface area (Å²) in [4.78, 5) is 13.6. The van der Waals surface area contributed by atoms with Gasteiger partial charge < -0.3 is 10.0 Å². The highest BCUT2D eigenvalue weighted by molar-refractivity contribution is 5.92. The Morgan fingerprint density at radius 1 is 1.37 bits per heavy atom. The lowest BCUT2D eigenvalue weighted by Crippen LogP contribution is -2.27. The van der Waals surface area contributed by atoms with Gasteiger partial charge in [-0.25, -0.2) is 0 Å². The summed E-state index contributed by atoms with van der Waals surface area (Å²) in [6, 6.07) is 8.23. The summed E-state index contributed by atoms with van der Waals surface area (Å²) in [5, 5.41) is 9.40. The number of benzene rings is 1. The van der Waals surface area contributed by atoms with Crippen LogP contribution >= 0.6 is 0 Å². The molecule has 19 heavy (non-hydrogen) atoms. The number of likely N-dealkylation sites (tertiary alicyclic amines) is 1. The van der Waals surface area contributed by atoms with Crippen LogP contribution in [0.15, 0.2) is 30.3 Å². The van der Waals surface area contributed by atoms with Crippen LogP contribution in [0.1, 0.15) is 37.3 Å². The molecule has 0 aromatic heterocycles. The smallest absolute Gasteiger partial charge is 0.246 e. The Morgan fingerprint density at radius 2 is 2.05 bits per heavy atom. The Bertz CT molecular complexity index is 462. The van der Waals surface area contributed by atoms with E-state index < -0.39 is 0 Å². The number of amides is 1. The standard InChI is InChI=1S/C16H21NO2/c1-12(2)14-6-3-13(4-7-14)5-8-16(19)17-10-9-15(18)11-17/h3-8,12,15,18H,9-11H2,1-2H3/t15-/m1/s1. The number of nitrogens with zero attached hydrogens (tertiary/aromatic N) is 1. The number of hydrogen-bond acceptors (Lipinski definition) is 2. The normalized spacial score (nSPS) is 19.6. The highest BCUT2D eigenvalue weighted by Crippen LogP contribution is 2.15. The van der Waals surface area contributed by atoms with Gasteiger partial charge in [-0.1, -0.05) is 38.1 Å². The second-order valence-corrected chi connectivity index (χ2v) is 5.38. The SMILES string of the molecule is CC(C)c1ccc(C=CC(=O)N2CC[C@@H](O)C2)cc1. The fourth-order valence-corrected chi connectivity index (χ4v) is 2.21. The van der Waals surface area contributed by atoms with Crippen molar-refractivity contribution in [1.29, 1.82) is 0 Å². The van der Waals surface area contributed by atoms with Crippen LogP contribution < -0.4 is 0 Å². The van der Waals surface area contributed by atoms with Crippen LogP contribution in [0.25, 0.3) is 6.08 Å². The van der Waals surface area contributed by atoms with E-state index in [2.05, 4.69) is 26.0 Å². The molecule has 1 aliphatic heterocycles. The van der Waals surface area contributed by atoms with Crippen LogP contribution in [0.3, 0.4) is 0 Å². The Kier molecular flexibility index (Phi) is 4.38. The van der Waals surface area contributed by atoms with Crippen LogP contribution in [0.2, 0.25) is 0 Å². The molecule has 0 unspecified atom stereocenters. The molecule has 0 aliphatic carbocycles. The van der Waals surface area contributed by atoms with Crippen LogP contribution in [0.5, 0.6) is 0 Å². The van der Waals surface area contributed by atoms with E-state index in [1.807, 2.05) is 18.2 Å². The molecule has 1 aromatic rings. The van der Waals surface area contributed by atoms with E-state index in [4.69, 9.17) is 0 Å². The molecular weight excluding hydrogens is 238 g/mol. The maximum Gasteiger partial charge on any atom is 0.246 e. The van der Waals surface area contributed by atoms with Gasteiger partial charge in [0, 0.05) is 19.2 Å². The number of β-amino-alcohol motifs (C(OH)–C–C–N with tert-alkyl or cyclic N) is 1. The minimum atomic E-state index is -0.359. The van der Waals surface area contributed by atoms with E-state index in [1.54, 1.807) is 11.0 Å². The van der Waals surface area contributed by atoms with Gasteiger partial charge in [-0.2, -0.15) is 0 Å². The quantitative estimate of drug-likeness (QED) is 0.847. The second kappa shape index (κ2) is 6.02. The number of rotatable bonds is 3. The molecule has 1 heterocycles. The number of aliphatic hydroxyl groups is 1. The van der Waals surface area contributed by atoms with Gasteiger partial charge in [0.1, 0.15) is 0 Å². The van der Waals surface area contributed by atoms with Crippen molar-refractivity contribution < 1.29 is 9.90 Å². The third kappa shape index (κ3) is 3.67. The molecule has 1 aliphatic rings. The highest BCUT2D eigenvalue weighted by Gasteiger charge is 2.22. The predicted molar refractivity (Wildman–Crippen MR) is 76.8 cm³/mol. The molecular formula is C16H21NO2. The third-order valence-electron chi connectivity index (χ3n) is 3.50. The lowest BCUT2D eigenvalue weighted by molar-refractivity contribution is -0.125. The van der Waals surface area contributed by atoms with Gasteiger partial charge in [0.25, 0.3) is 0 Å². The summed E-state index contributed by atoms with van der Waals surface area (Å²) in [6.45, 7) is 5.42. The van der Waals surface area contributed by atoms with E-state index in [0.717, 1.165) is 5.56 Å². The molecule has 0 radical (unpaired) electrons. The zero-order chi connectivity index (χ0) is 13.8. The van der Waals surface area contributed by atoms with Crippen LogP contribution in [0.4, 0.5) is 0 Å². The fraction of sp³-hybridized carbons (Fsp3) is 0.438. The minimum Gasteiger partial charge on any atom is -0.391 e. The van der Waals surface area contributed by atoms with Gasteiger partial charge >= 0.3 is 0 Å². The molecule has 1 fully saturated rings. The molecule has 0 spiro atoms. The van der Waals surface area contributed by atoms with Gasteiger partial charge in [0.05, 0.1) is 6.10 Å². The molecule has 1 atom stereocenters. The molecule has 1 saturated heterocycles. The Morgan fingerprint density at radius 3 is 2.58 bits per heavy atom. The zero-order valence-electron chi connectivity index (χ0n) is 11.5. The first-order valence-corrected chi connectivity index (χ1v) is 6.81. The van der Waals surface area contributed by atoms with E-state index in [1.165, 1.54) is 5.56 Å². The number of carbonyl (C=O) groups excluding carboxylic acids is 1. The van der Waals surface area contributed by atoms with Crippen molar-refractivity contribution in [3.63, 3.8) is 0 Å². The molecule has 2 rings (SSSR count). The largest absolute Gasteiger partial charge is 0.391 e. The van der Waals surface area contributed by atoms with Gasteiger partial charge in [-0.15, -0.1) is 0 Å². The first kappa shape index (κ1) is 13.8. The summed E-state index contributed by atoms with van der Waals surface area (Å²) >= 11 is 0. The molecule has 1 N–H and O–H groups in total. The lowest BCUT2D eigenvalue weighted by Gasteiger charge is -2.12. The highest BCUT2D eigenvalue weighted by atomic mass is 16.3.